The molecule has 0 saturated carbocycles. The van der Waals surface area contributed by atoms with Crippen molar-refractivity contribution in [2.24, 2.45) is 0 Å². The van der Waals surface area contributed by atoms with Crippen LogP contribution in [0.1, 0.15) is 17.7 Å². The number of aromatic amines is 1. The zero-order valence-electron chi connectivity index (χ0n) is 15.7. The number of aromatic nitrogens is 3. The van der Waals surface area contributed by atoms with Crippen LogP contribution in [0.4, 0.5) is 0 Å². The average Bonchev–Trinajstić information content (AvgIpc) is 3.05. The summed E-state index contributed by atoms with van der Waals surface area (Å²) in [5, 5.41) is 0.464. The Balaban J connectivity index is 0.00000182. The maximum atomic E-state index is 12.6. The topological polar surface area (TPSA) is 77.1 Å². The molecule has 6 nitrogen and oxygen atoms in total. The molecule has 0 amide bonds. The van der Waals surface area contributed by atoms with Crippen molar-refractivity contribution in [1.29, 1.82) is 0 Å². The van der Waals surface area contributed by atoms with Gasteiger partial charge in [0.15, 0.2) is 5.16 Å². The summed E-state index contributed by atoms with van der Waals surface area (Å²) < 4.78 is 23.4. The molecule has 2 aromatic heterocycles. The van der Waals surface area contributed by atoms with Crippen LogP contribution in [0, 0.1) is 6.92 Å². The molecule has 9 heteroatoms. The van der Waals surface area contributed by atoms with Gasteiger partial charge in [-0.05, 0) is 19.1 Å². The smallest absolute Gasteiger partial charge is 0.493 e. The van der Waals surface area contributed by atoms with Gasteiger partial charge >= 0.3 is 46.1 Å². The molecule has 0 aliphatic carbocycles. The number of methoxy groups -OCH3 is 1. The third-order valence-corrected chi connectivity index (χ3v) is 4.91. The number of rotatable bonds is 8. The van der Waals surface area contributed by atoms with Gasteiger partial charge in [0.05, 0.1) is 39.9 Å². The molecule has 1 N–H and O–H groups in total. The van der Waals surface area contributed by atoms with E-state index in [1.807, 2.05) is 37.3 Å². The van der Waals surface area contributed by atoms with Crippen LogP contribution in [0.15, 0.2) is 41.7 Å². The molecule has 0 fully saturated rings. The van der Waals surface area contributed by atoms with E-state index in [0.717, 1.165) is 28.8 Å². The van der Waals surface area contributed by atoms with Crippen molar-refractivity contribution in [3.8, 4) is 5.75 Å². The van der Waals surface area contributed by atoms with Gasteiger partial charge in [0.1, 0.15) is 5.75 Å². The normalized spacial score (nSPS) is 11.5. The van der Waals surface area contributed by atoms with Crippen LogP contribution >= 0.6 is 0 Å². The molecular weight excluding hydrogens is 387 g/mol. The SMILES string of the molecule is COCCCOc1cc(CS(=O)c2nc3ccccc3[nH]2)ncc1C.[Mg+2].[Mg+2]. The van der Waals surface area contributed by atoms with E-state index in [0.29, 0.717) is 24.1 Å². The van der Waals surface area contributed by atoms with Gasteiger partial charge in [0.2, 0.25) is 0 Å². The Hall–Kier alpha value is -0.718. The Morgan fingerprint density at radius 1 is 1.19 bits per heavy atom. The summed E-state index contributed by atoms with van der Waals surface area (Å²) in [6.07, 6.45) is 2.56. The van der Waals surface area contributed by atoms with E-state index in [4.69, 9.17) is 9.47 Å². The van der Waals surface area contributed by atoms with Crippen LogP contribution in [0.25, 0.3) is 11.0 Å². The fourth-order valence-corrected chi connectivity index (χ4v) is 3.39. The van der Waals surface area contributed by atoms with Gasteiger partial charge in [0.25, 0.3) is 0 Å². The van der Waals surface area contributed by atoms with Gasteiger partial charge in [-0.2, -0.15) is 0 Å². The monoisotopic (exact) mass is 407 g/mol. The fraction of sp³-hybridized carbons (Fsp3) is 0.333. The van der Waals surface area contributed by atoms with Gasteiger partial charge in [-0.25, -0.2) is 4.98 Å². The maximum absolute atomic E-state index is 12.6. The van der Waals surface area contributed by atoms with Crippen LogP contribution < -0.4 is 4.74 Å². The Morgan fingerprint density at radius 2 is 1.96 bits per heavy atom. The van der Waals surface area contributed by atoms with E-state index in [-0.39, 0.29) is 51.9 Å². The molecule has 0 aliphatic heterocycles. The molecule has 2 heterocycles. The maximum Gasteiger partial charge on any atom is 2.00 e. The van der Waals surface area contributed by atoms with Gasteiger partial charge < -0.3 is 14.5 Å². The Bertz CT molecular complexity index is 856. The van der Waals surface area contributed by atoms with Crippen LogP contribution in [0.5, 0.6) is 5.75 Å². The summed E-state index contributed by atoms with van der Waals surface area (Å²) in [4.78, 5) is 11.9. The summed E-state index contributed by atoms with van der Waals surface area (Å²) in [6, 6.07) is 9.48. The van der Waals surface area contributed by atoms with E-state index in [1.54, 1.807) is 13.3 Å². The standard InChI is InChI=1S/C18H21N3O3S.2Mg/c1-13-11-19-14(10-17(13)24-9-5-8-23-2)12-25(22)18-20-15-6-3-4-7-16(15)21-18;;/h3-4,6-7,10-11H,5,8-9,12H2,1-2H3,(H,20,21);;/q;2*+2. The van der Waals surface area contributed by atoms with E-state index in [1.165, 1.54) is 0 Å². The van der Waals surface area contributed by atoms with Crippen molar-refractivity contribution in [3.05, 3.63) is 47.8 Å². The second-order valence-corrected chi connectivity index (χ2v) is 7.05. The molecule has 0 spiro atoms. The fourth-order valence-electron chi connectivity index (χ4n) is 2.41. The predicted octanol–water partition coefficient (Wildman–Crippen LogP) is 2.23. The van der Waals surface area contributed by atoms with Crippen molar-refractivity contribution in [3.63, 3.8) is 0 Å². The number of ether oxygens (including phenoxy) is 2. The summed E-state index contributed by atoms with van der Waals surface area (Å²) in [5.74, 6) is 1.05. The molecule has 27 heavy (non-hydrogen) atoms. The van der Waals surface area contributed by atoms with E-state index in [2.05, 4.69) is 15.0 Å². The minimum absolute atomic E-state index is 0. The first-order chi connectivity index (χ1) is 12.2. The summed E-state index contributed by atoms with van der Waals surface area (Å²) in [7, 11) is 0.374. The van der Waals surface area contributed by atoms with Gasteiger partial charge in [-0.1, -0.05) is 12.1 Å². The van der Waals surface area contributed by atoms with Crippen LogP contribution in [0.2, 0.25) is 0 Å². The zero-order chi connectivity index (χ0) is 17.6. The number of para-hydroxylation sites is 2. The van der Waals surface area contributed by atoms with Crippen LogP contribution in [-0.2, 0) is 21.3 Å². The number of imidazole rings is 1. The minimum atomic E-state index is -1.30. The number of aryl methyl sites for hydroxylation is 1. The summed E-state index contributed by atoms with van der Waals surface area (Å²) >= 11 is 0. The predicted molar refractivity (Wildman–Crippen MR) is 109 cm³/mol. The van der Waals surface area contributed by atoms with Crippen molar-refractivity contribution < 1.29 is 13.7 Å². The average molecular weight is 408 g/mol. The number of hydrogen-bond donors (Lipinski definition) is 1. The van der Waals surface area contributed by atoms with Gasteiger partial charge in [-0.15, -0.1) is 0 Å². The number of pyridine rings is 1. The van der Waals surface area contributed by atoms with Crippen molar-refractivity contribution in [1.82, 2.24) is 15.0 Å². The molecule has 132 valence electrons. The summed E-state index contributed by atoms with van der Waals surface area (Å²) in [5.41, 5.74) is 3.36. The summed E-state index contributed by atoms with van der Waals surface area (Å²) in [6.45, 7) is 3.18. The van der Waals surface area contributed by atoms with Crippen molar-refractivity contribution in [2.75, 3.05) is 20.3 Å². The third-order valence-electron chi connectivity index (χ3n) is 3.72. The van der Waals surface area contributed by atoms with Gasteiger partial charge in [-0.3, -0.25) is 9.19 Å². The molecule has 1 aromatic carbocycles. The second-order valence-electron chi connectivity index (χ2n) is 5.68. The molecule has 0 bridgehead atoms. The van der Waals surface area contributed by atoms with Gasteiger partial charge in [0, 0.05) is 38.0 Å². The Labute approximate surface area is 193 Å². The number of benzene rings is 1. The van der Waals surface area contributed by atoms with E-state index >= 15 is 0 Å². The molecule has 0 radical (unpaired) electrons. The molecule has 3 rings (SSSR count). The number of nitrogens with zero attached hydrogens (tertiary/aromatic N) is 2. The van der Waals surface area contributed by atoms with Crippen LogP contribution in [0.3, 0.4) is 0 Å². The molecule has 0 aliphatic rings. The quantitative estimate of drug-likeness (QED) is 0.457. The number of fused-ring (bicyclic) bond motifs is 1. The van der Waals surface area contributed by atoms with Crippen molar-refractivity contribution in [2.45, 2.75) is 24.3 Å². The van der Waals surface area contributed by atoms with Crippen LogP contribution in [-0.4, -0.2) is 85.6 Å². The first-order valence-corrected chi connectivity index (χ1v) is 9.39. The van der Waals surface area contributed by atoms with Crippen molar-refractivity contribution >= 4 is 67.9 Å². The zero-order valence-corrected chi connectivity index (χ0v) is 19.4. The molecule has 0 saturated heterocycles. The minimum Gasteiger partial charge on any atom is -0.493 e. The molecular formula is C18H21Mg2N3O3S+4. The first kappa shape index (κ1) is 24.3. The molecule has 1 unspecified atom stereocenters. The third kappa shape index (κ3) is 6.68. The molecule has 1 atom stereocenters. The first-order valence-electron chi connectivity index (χ1n) is 8.08. The second kappa shape index (κ2) is 12.0. The Kier molecular flexibility index (Phi) is 10.8. The van der Waals surface area contributed by atoms with E-state index < -0.39 is 10.8 Å². The number of nitrogens with one attached hydrogen (secondary N) is 1. The number of H-pyrrole nitrogens is 1. The largest absolute Gasteiger partial charge is 2.00 e. The molecule has 3 aromatic rings. The Morgan fingerprint density at radius 3 is 2.70 bits per heavy atom. The number of hydrogen-bond acceptors (Lipinski definition) is 5. The van der Waals surface area contributed by atoms with E-state index in [9.17, 15) is 4.21 Å².